The number of unbranched alkanes of at least 4 members (excludes halogenated alkanes) is 38. The zero-order chi connectivity index (χ0) is 46.3. The molecule has 0 aliphatic rings. The van der Waals surface area contributed by atoms with Gasteiger partial charge in [0.1, 0.15) is 0 Å². The molecule has 0 fully saturated rings. The van der Waals surface area contributed by atoms with Gasteiger partial charge in [0.25, 0.3) is 0 Å². The lowest BCUT2D eigenvalue weighted by atomic mass is 10.0. The van der Waals surface area contributed by atoms with Crippen LogP contribution in [0.3, 0.4) is 0 Å². The van der Waals surface area contributed by atoms with Crippen molar-refractivity contribution >= 4 is 5.91 Å². The highest BCUT2D eigenvalue weighted by molar-refractivity contribution is 5.76. The highest BCUT2D eigenvalue weighted by Crippen LogP contribution is 2.18. The Balaban J connectivity index is 3.36. The van der Waals surface area contributed by atoms with Crippen molar-refractivity contribution in [2.24, 2.45) is 0 Å². The number of amides is 1. The Bertz CT molecular complexity index is 1020. The standard InChI is InChI=1S/C60H113NO3/c1-3-5-7-9-11-13-15-17-18-19-20-21-22-23-24-25-26-27-28-29-30-31-32-33-34-35-36-37-38-39-40-41-42-44-46-48-50-52-54-56-60(64)61-58(57-62)59(63)55-53-51-49-47-45-43-16-14-12-10-8-6-4-2/h5,7,11,13,17-18,20-21,58-59,62-63H,3-4,6,8-10,12,14-16,19,22-57H2,1-2H3,(H,61,64)/b7-5-,13-11-,18-17-,21-20-. The largest absolute Gasteiger partial charge is 0.394 e. The SMILES string of the molecule is CC/C=C\C/C=C\C/C=C\C/C=C\CCCCCCCCCCCCCCCCCCCCCCCCCCCCC(=O)NC(CO)C(O)CCCCCCCCCCCCCCC. The van der Waals surface area contributed by atoms with Crippen LogP contribution in [0.1, 0.15) is 309 Å². The van der Waals surface area contributed by atoms with Crippen LogP contribution < -0.4 is 5.32 Å². The average Bonchev–Trinajstić information content (AvgIpc) is 3.30. The second kappa shape index (κ2) is 55.7. The summed E-state index contributed by atoms with van der Waals surface area (Å²) in [5.41, 5.74) is 0. The lowest BCUT2D eigenvalue weighted by Crippen LogP contribution is -2.45. The maximum Gasteiger partial charge on any atom is 0.220 e. The van der Waals surface area contributed by atoms with Gasteiger partial charge in [0.2, 0.25) is 5.91 Å². The molecule has 1 amide bonds. The summed E-state index contributed by atoms with van der Waals surface area (Å²) < 4.78 is 0. The fourth-order valence-corrected chi connectivity index (χ4v) is 9.00. The summed E-state index contributed by atoms with van der Waals surface area (Å²) in [7, 11) is 0. The van der Waals surface area contributed by atoms with Gasteiger partial charge in [0.15, 0.2) is 0 Å². The predicted octanol–water partition coefficient (Wildman–Crippen LogP) is 19.0. The third-order valence-corrected chi connectivity index (χ3v) is 13.4. The first-order chi connectivity index (χ1) is 31.7. The van der Waals surface area contributed by atoms with Crippen LogP contribution in [-0.4, -0.2) is 34.9 Å². The molecule has 0 bridgehead atoms. The van der Waals surface area contributed by atoms with Crippen LogP contribution in [0.5, 0.6) is 0 Å². The van der Waals surface area contributed by atoms with Gasteiger partial charge in [-0.3, -0.25) is 4.79 Å². The Hall–Kier alpha value is -1.65. The molecule has 0 saturated carbocycles. The molecule has 0 aliphatic heterocycles. The van der Waals surface area contributed by atoms with E-state index in [4.69, 9.17) is 0 Å². The van der Waals surface area contributed by atoms with Gasteiger partial charge in [-0.2, -0.15) is 0 Å². The number of nitrogens with one attached hydrogen (secondary N) is 1. The van der Waals surface area contributed by atoms with Gasteiger partial charge in [-0.1, -0.05) is 300 Å². The fraction of sp³-hybridized carbons (Fsp3) is 0.850. The summed E-state index contributed by atoms with van der Waals surface area (Å²) in [6.07, 6.45) is 76.9. The molecule has 0 heterocycles. The molecule has 64 heavy (non-hydrogen) atoms. The van der Waals surface area contributed by atoms with E-state index in [-0.39, 0.29) is 12.5 Å². The molecule has 0 aromatic heterocycles. The molecule has 2 atom stereocenters. The second-order valence-corrected chi connectivity index (χ2v) is 19.7. The van der Waals surface area contributed by atoms with E-state index in [0.717, 1.165) is 51.4 Å². The maximum absolute atomic E-state index is 12.5. The molecule has 0 aliphatic carbocycles. The van der Waals surface area contributed by atoms with E-state index in [1.165, 1.54) is 231 Å². The van der Waals surface area contributed by atoms with Crippen LogP contribution in [0, 0.1) is 0 Å². The van der Waals surface area contributed by atoms with Crippen molar-refractivity contribution in [2.75, 3.05) is 6.61 Å². The minimum Gasteiger partial charge on any atom is -0.394 e. The molecular formula is C60H113NO3. The lowest BCUT2D eigenvalue weighted by molar-refractivity contribution is -0.123. The van der Waals surface area contributed by atoms with Crippen LogP contribution in [-0.2, 0) is 4.79 Å². The molecule has 0 rings (SSSR count). The van der Waals surface area contributed by atoms with E-state index in [1.54, 1.807) is 0 Å². The highest BCUT2D eigenvalue weighted by atomic mass is 16.3. The third-order valence-electron chi connectivity index (χ3n) is 13.4. The van der Waals surface area contributed by atoms with Gasteiger partial charge < -0.3 is 15.5 Å². The Morgan fingerprint density at radius 1 is 0.391 bits per heavy atom. The number of hydrogen-bond donors (Lipinski definition) is 3. The number of hydrogen-bond acceptors (Lipinski definition) is 3. The van der Waals surface area contributed by atoms with Crippen molar-refractivity contribution in [1.82, 2.24) is 5.32 Å². The normalized spacial score (nSPS) is 13.1. The summed E-state index contributed by atoms with van der Waals surface area (Å²) in [5.74, 6) is -0.0265. The predicted molar refractivity (Wildman–Crippen MR) is 285 cm³/mol. The smallest absolute Gasteiger partial charge is 0.220 e. The third kappa shape index (κ3) is 51.3. The van der Waals surface area contributed by atoms with Crippen molar-refractivity contribution < 1.29 is 15.0 Å². The first kappa shape index (κ1) is 62.4. The van der Waals surface area contributed by atoms with Crippen LogP contribution in [0.4, 0.5) is 0 Å². The molecule has 0 aromatic carbocycles. The van der Waals surface area contributed by atoms with Crippen LogP contribution in [0.25, 0.3) is 0 Å². The molecule has 0 radical (unpaired) electrons. The van der Waals surface area contributed by atoms with E-state index in [9.17, 15) is 15.0 Å². The van der Waals surface area contributed by atoms with E-state index in [1.807, 2.05) is 0 Å². The Morgan fingerprint density at radius 2 is 0.688 bits per heavy atom. The monoisotopic (exact) mass is 896 g/mol. The quantitative estimate of drug-likeness (QED) is 0.0421. The van der Waals surface area contributed by atoms with E-state index in [0.29, 0.717) is 12.8 Å². The summed E-state index contributed by atoms with van der Waals surface area (Å²) in [5, 5.41) is 23.2. The molecule has 2 unspecified atom stereocenters. The maximum atomic E-state index is 12.5. The van der Waals surface area contributed by atoms with Gasteiger partial charge in [-0.05, 0) is 51.4 Å². The molecule has 3 N–H and O–H groups in total. The number of carbonyl (C=O) groups excluding carboxylic acids is 1. The summed E-state index contributed by atoms with van der Waals surface area (Å²) in [4.78, 5) is 12.5. The molecule has 0 saturated heterocycles. The van der Waals surface area contributed by atoms with Gasteiger partial charge in [-0.25, -0.2) is 0 Å². The highest BCUT2D eigenvalue weighted by Gasteiger charge is 2.20. The zero-order valence-electron chi connectivity index (χ0n) is 43.3. The lowest BCUT2D eigenvalue weighted by Gasteiger charge is -2.22. The topological polar surface area (TPSA) is 69.6 Å². The minimum atomic E-state index is -0.656. The summed E-state index contributed by atoms with van der Waals surface area (Å²) in [6.45, 7) is 4.26. The number of aliphatic hydroxyl groups is 2. The number of carbonyl (C=O) groups is 1. The van der Waals surface area contributed by atoms with Crippen molar-refractivity contribution in [3.8, 4) is 0 Å². The number of rotatable bonds is 53. The van der Waals surface area contributed by atoms with Crippen molar-refractivity contribution in [3.63, 3.8) is 0 Å². The number of allylic oxidation sites excluding steroid dienone is 8. The molecule has 4 heteroatoms. The summed E-state index contributed by atoms with van der Waals surface area (Å²) in [6, 6.07) is -0.533. The molecular weight excluding hydrogens is 783 g/mol. The molecule has 376 valence electrons. The van der Waals surface area contributed by atoms with Crippen molar-refractivity contribution in [1.29, 1.82) is 0 Å². The van der Waals surface area contributed by atoms with Gasteiger partial charge in [0.05, 0.1) is 18.8 Å². The van der Waals surface area contributed by atoms with Crippen molar-refractivity contribution in [3.05, 3.63) is 48.6 Å². The Kier molecular flexibility index (Phi) is 54.2. The fourth-order valence-electron chi connectivity index (χ4n) is 9.00. The zero-order valence-corrected chi connectivity index (χ0v) is 43.3. The van der Waals surface area contributed by atoms with E-state index in [2.05, 4.69) is 67.8 Å². The van der Waals surface area contributed by atoms with Gasteiger partial charge >= 0.3 is 0 Å². The van der Waals surface area contributed by atoms with Crippen LogP contribution >= 0.6 is 0 Å². The average molecular weight is 897 g/mol. The minimum absolute atomic E-state index is 0.0265. The summed E-state index contributed by atoms with van der Waals surface area (Å²) >= 11 is 0. The molecule has 4 nitrogen and oxygen atoms in total. The number of aliphatic hydroxyl groups excluding tert-OH is 2. The van der Waals surface area contributed by atoms with E-state index >= 15 is 0 Å². The first-order valence-corrected chi connectivity index (χ1v) is 28.8. The van der Waals surface area contributed by atoms with Gasteiger partial charge in [0, 0.05) is 6.42 Å². The van der Waals surface area contributed by atoms with Crippen LogP contribution in [0.15, 0.2) is 48.6 Å². The Morgan fingerprint density at radius 3 is 1.03 bits per heavy atom. The first-order valence-electron chi connectivity index (χ1n) is 28.8. The molecule has 0 aromatic rings. The van der Waals surface area contributed by atoms with E-state index < -0.39 is 12.1 Å². The second-order valence-electron chi connectivity index (χ2n) is 19.7. The van der Waals surface area contributed by atoms with Crippen molar-refractivity contribution in [2.45, 2.75) is 321 Å². The van der Waals surface area contributed by atoms with Crippen LogP contribution in [0.2, 0.25) is 0 Å². The van der Waals surface area contributed by atoms with Gasteiger partial charge in [-0.15, -0.1) is 0 Å². The Labute approximate surface area is 401 Å². The molecule has 0 spiro atoms.